The first-order valence-electron chi connectivity index (χ1n) is 6.69. The minimum absolute atomic E-state index is 0.0474. The van der Waals surface area contributed by atoms with Crippen LogP contribution in [0.15, 0.2) is 18.2 Å². The highest BCUT2D eigenvalue weighted by atomic mass is 19.1. The third-order valence-electron chi connectivity index (χ3n) is 3.85. The molecule has 3 unspecified atom stereocenters. The van der Waals surface area contributed by atoms with Gasteiger partial charge >= 0.3 is 0 Å². The van der Waals surface area contributed by atoms with Crippen molar-refractivity contribution in [2.45, 2.75) is 45.2 Å². The van der Waals surface area contributed by atoms with Crippen LogP contribution in [0.4, 0.5) is 4.39 Å². The molecule has 0 bridgehead atoms. The van der Waals surface area contributed by atoms with Gasteiger partial charge in [0, 0.05) is 23.7 Å². The van der Waals surface area contributed by atoms with Crippen molar-refractivity contribution in [2.75, 3.05) is 7.11 Å². The first-order valence-corrected chi connectivity index (χ1v) is 6.69. The molecule has 2 rings (SSSR count). The van der Waals surface area contributed by atoms with E-state index >= 15 is 0 Å². The molecule has 100 valence electrons. The molecule has 1 aliphatic carbocycles. The summed E-state index contributed by atoms with van der Waals surface area (Å²) in [7, 11) is 1.55. The van der Waals surface area contributed by atoms with E-state index in [-0.39, 0.29) is 11.9 Å². The van der Waals surface area contributed by atoms with Gasteiger partial charge in [0.25, 0.3) is 0 Å². The van der Waals surface area contributed by atoms with E-state index in [9.17, 15) is 4.39 Å². The quantitative estimate of drug-likeness (QED) is 0.881. The molecule has 2 nitrogen and oxygen atoms in total. The van der Waals surface area contributed by atoms with Crippen LogP contribution in [0.3, 0.4) is 0 Å². The smallest absolute Gasteiger partial charge is 0.131 e. The fourth-order valence-corrected chi connectivity index (χ4v) is 2.79. The maximum atomic E-state index is 13.9. The van der Waals surface area contributed by atoms with Crippen molar-refractivity contribution in [1.29, 1.82) is 0 Å². The van der Waals surface area contributed by atoms with Crippen molar-refractivity contribution in [2.24, 2.45) is 5.92 Å². The molecule has 3 heteroatoms. The van der Waals surface area contributed by atoms with E-state index < -0.39 is 0 Å². The lowest BCUT2D eigenvalue weighted by Gasteiger charge is -2.20. The number of rotatable bonds is 4. The van der Waals surface area contributed by atoms with Crippen LogP contribution in [0.25, 0.3) is 0 Å². The second-order valence-electron chi connectivity index (χ2n) is 5.39. The summed E-state index contributed by atoms with van der Waals surface area (Å²) in [5.41, 5.74) is 0.718. The number of nitrogens with one attached hydrogen (secondary N) is 1. The number of ether oxygens (including phenoxy) is 1. The molecule has 1 aromatic rings. The molecule has 1 aliphatic rings. The molecule has 0 heterocycles. The Kier molecular flexibility index (Phi) is 4.23. The fraction of sp³-hybridized carbons (Fsp3) is 0.600. The van der Waals surface area contributed by atoms with Gasteiger partial charge in [-0.1, -0.05) is 13.0 Å². The monoisotopic (exact) mass is 251 g/mol. The van der Waals surface area contributed by atoms with Crippen molar-refractivity contribution in [3.8, 4) is 5.75 Å². The Morgan fingerprint density at radius 3 is 2.72 bits per heavy atom. The Morgan fingerprint density at radius 2 is 2.17 bits per heavy atom. The molecule has 3 atom stereocenters. The Bertz CT molecular complexity index is 407. The van der Waals surface area contributed by atoms with Gasteiger partial charge in [-0.2, -0.15) is 0 Å². The maximum Gasteiger partial charge on any atom is 0.131 e. The second kappa shape index (κ2) is 5.70. The first-order chi connectivity index (χ1) is 8.60. The average molecular weight is 251 g/mol. The standard InChI is InChI=1S/C15H22FNO/c1-10-4-5-12(8-10)17-11(2)14-7-6-13(18-3)9-15(14)16/h6-7,9-12,17H,4-5,8H2,1-3H3. The van der Waals surface area contributed by atoms with Gasteiger partial charge in [-0.05, 0) is 38.2 Å². The summed E-state index contributed by atoms with van der Waals surface area (Å²) in [6.45, 7) is 4.30. The topological polar surface area (TPSA) is 21.3 Å². The van der Waals surface area contributed by atoms with Gasteiger partial charge in [-0.3, -0.25) is 0 Å². The lowest BCUT2D eigenvalue weighted by molar-refractivity contribution is 0.406. The first kappa shape index (κ1) is 13.3. The number of benzene rings is 1. The van der Waals surface area contributed by atoms with E-state index in [1.165, 1.54) is 25.3 Å². The largest absolute Gasteiger partial charge is 0.497 e. The Labute approximate surface area is 109 Å². The minimum Gasteiger partial charge on any atom is -0.497 e. The van der Waals surface area contributed by atoms with Crippen LogP contribution in [0.2, 0.25) is 0 Å². The molecular formula is C15H22FNO. The lowest BCUT2D eigenvalue weighted by atomic mass is 10.1. The molecular weight excluding hydrogens is 229 g/mol. The van der Waals surface area contributed by atoms with Crippen LogP contribution < -0.4 is 10.1 Å². The SMILES string of the molecule is COc1ccc(C(C)NC2CCC(C)C2)c(F)c1. The second-order valence-corrected chi connectivity index (χ2v) is 5.39. The fourth-order valence-electron chi connectivity index (χ4n) is 2.79. The molecule has 0 aromatic heterocycles. The van der Waals surface area contributed by atoms with E-state index in [4.69, 9.17) is 4.74 Å². The molecule has 1 aromatic carbocycles. The third kappa shape index (κ3) is 3.02. The maximum absolute atomic E-state index is 13.9. The number of hydrogen-bond donors (Lipinski definition) is 1. The molecule has 1 N–H and O–H groups in total. The molecule has 18 heavy (non-hydrogen) atoms. The summed E-state index contributed by atoms with van der Waals surface area (Å²) in [5, 5.41) is 3.52. The molecule has 1 fully saturated rings. The number of halogens is 1. The predicted octanol–water partition coefficient (Wildman–Crippen LogP) is 3.67. The highest BCUT2D eigenvalue weighted by Gasteiger charge is 2.23. The van der Waals surface area contributed by atoms with E-state index in [0.717, 1.165) is 11.5 Å². The van der Waals surface area contributed by atoms with Gasteiger partial charge in [-0.15, -0.1) is 0 Å². The van der Waals surface area contributed by atoms with E-state index in [0.29, 0.717) is 11.8 Å². The summed E-state index contributed by atoms with van der Waals surface area (Å²) in [5.74, 6) is 1.16. The molecule has 0 radical (unpaired) electrons. The highest BCUT2D eigenvalue weighted by molar-refractivity contribution is 5.30. The van der Waals surface area contributed by atoms with E-state index in [1.807, 2.05) is 19.1 Å². The summed E-state index contributed by atoms with van der Waals surface area (Å²) in [6, 6.07) is 5.64. The van der Waals surface area contributed by atoms with Crippen LogP contribution in [0, 0.1) is 11.7 Å². The zero-order chi connectivity index (χ0) is 13.1. The number of methoxy groups -OCH3 is 1. The van der Waals surface area contributed by atoms with Crippen LogP contribution >= 0.6 is 0 Å². The van der Waals surface area contributed by atoms with Crippen LogP contribution in [0.5, 0.6) is 5.75 Å². The van der Waals surface area contributed by atoms with Gasteiger partial charge in [0.05, 0.1) is 7.11 Å². The van der Waals surface area contributed by atoms with Crippen LogP contribution in [-0.2, 0) is 0 Å². The lowest BCUT2D eigenvalue weighted by Crippen LogP contribution is -2.29. The van der Waals surface area contributed by atoms with Gasteiger partial charge in [0.15, 0.2) is 0 Å². The Hall–Kier alpha value is -1.09. The normalized spacial score (nSPS) is 25.1. The summed E-state index contributed by atoms with van der Waals surface area (Å²) >= 11 is 0. The summed E-state index contributed by atoms with van der Waals surface area (Å²) in [6.07, 6.45) is 3.67. The molecule has 0 saturated heterocycles. The molecule has 0 amide bonds. The van der Waals surface area contributed by atoms with Gasteiger partial charge in [0.2, 0.25) is 0 Å². The highest BCUT2D eigenvalue weighted by Crippen LogP contribution is 2.28. The van der Waals surface area contributed by atoms with E-state index in [2.05, 4.69) is 12.2 Å². The van der Waals surface area contributed by atoms with Crippen LogP contribution in [-0.4, -0.2) is 13.2 Å². The van der Waals surface area contributed by atoms with Gasteiger partial charge < -0.3 is 10.1 Å². The zero-order valence-corrected chi connectivity index (χ0v) is 11.4. The van der Waals surface area contributed by atoms with Crippen molar-refractivity contribution in [3.05, 3.63) is 29.6 Å². The van der Waals surface area contributed by atoms with Crippen molar-refractivity contribution in [3.63, 3.8) is 0 Å². The Balaban J connectivity index is 2.02. The van der Waals surface area contributed by atoms with Gasteiger partial charge in [0.1, 0.15) is 11.6 Å². The van der Waals surface area contributed by atoms with Crippen LogP contribution in [0.1, 0.15) is 44.7 Å². The number of hydrogen-bond acceptors (Lipinski definition) is 2. The third-order valence-corrected chi connectivity index (χ3v) is 3.85. The van der Waals surface area contributed by atoms with Gasteiger partial charge in [-0.25, -0.2) is 4.39 Å². The molecule has 1 saturated carbocycles. The zero-order valence-electron chi connectivity index (χ0n) is 11.4. The predicted molar refractivity (Wildman–Crippen MR) is 71.3 cm³/mol. The minimum atomic E-state index is -0.194. The summed E-state index contributed by atoms with van der Waals surface area (Å²) in [4.78, 5) is 0. The summed E-state index contributed by atoms with van der Waals surface area (Å²) < 4.78 is 18.9. The average Bonchev–Trinajstić information content (AvgIpc) is 2.74. The van der Waals surface area contributed by atoms with E-state index in [1.54, 1.807) is 7.11 Å². The Morgan fingerprint density at radius 1 is 1.39 bits per heavy atom. The van der Waals surface area contributed by atoms with Crippen molar-refractivity contribution < 1.29 is 9.13 Å². The van der Waals surface area contributed by atoms with Crippen molar-refractivity contribution in [1.82, 2.24) is 5.32 Å². The molecule has 0 aliphatic heterocycles. The molecule has 0 spiro atoms. The van der Waals surface area contributed by atoms with Crippen molar-refractivity contribution >= 4 is 0 Å².